The van der Waals surface area contributed by atoms with Crippen molar-refractivity contribution in [2.24, 2.45) is 5.92 Å². The smallest absolute Gasteiger partial charge is 0.0304 e. The average Bonchev–Trinajstić information content (AvgIpc) is 2.96. The van der Waals surface area contributed by atoms with Gasteiger partial charge >= 0.3 is 0 Å². The Morgan fingerprint density at radius 1 is 1.19 bits per heavy atom. The van der Waals surface area contributed by atoms with Gasteiger partial charge in [0.15, 0.2) is 0 Å². The third-order valence-corrected chi connectivity index (χ3v) is 6.10. The molecule has 0 aliphatic carbocycles. The van der Waals surface area contributed by atoms with E-state index in [-0.39, 0.29) is 0 Å². The van der Waals surface area contributed by atoms with E-state index in [1.54, 1.807) is 0 Å². The van der Waals surface area contributed by atoms with Gasteiger partial charge in [0.2, 0.25) is 0 Å². The molecule has 2 aliphatic heterocycles. The molecule has 0 bridgehead atoms. The van der Waals surface area contributed by atoms with E-state index in [4.69, 9.17) is 0 Å². The lowest BCUT2D eigenvalue weighted by Gasteiger charge is -2.48. The summed E-state index contributed by atoms with van der Waals surface area (Å²) in [6.07, 6.45) is 5.17. The third kappa shape index (κ3) is 4.00. The van der Waals surface area contributed by atoms with Gasteiger partial charge in [-0.05, 0) is 52.0 Å². The normalized spacial score (nSPS) is 31.1. The highest BCUT2D eigenvalue weighted by Gasteiger charge is 2.37. The highest BCUT2D eigenvalue weighted by molar-refractivity contribution is 4.97. The third-order valence-electron chi connectivity index (χ3n) is 6.10. The van der Waals surface area contributed by atoms with Gasteiger partial charge in [0.25, 0.3) is 0 Å². The van der Waals surface area contributed by atoms with Crippen molar-refractivity contribution in [3.63, 3.8) is 0 Å². The lowest BCUT2D eigenvalue weighted by molar-refractivity contribution is 0.0576. The zero-order valence-corrected chi connectivity index (χ0v) is 15.0. The predicted octanol–water partition coefficient (Wildman–Crippen LogP) is 2.96. The predicted molar refractivity (Wildman–Crippen MR) is 91.8 cm³/mol. The van der Waals surface area contributed by atoms with Crippen LogP contribution in [0.1, 0.15) is 60.3 Å². The van der Waals surface area contributed by atoms with E-state index in [2.05, 4.69) is 49.7 Å². The van der Waals surface area contributed by atoms with Crippen molar-refractivity contribution >= 4 is 0 Å². The Morgan fingerprint density at radius 2 is 1.90 bits per heavy atom. The van der Waals surface area contributed by atoms with Crippen LogP contribution >= 0.6 is 0 Å². The second-order valence-corrected chi connectivity index (χ2v) is 7.60. The Bertz CT molecular complexity index is 312. The van der Waals surface area contributed by atoms with Crippen molar-refractivity contribution in [3.05, 3.63) is 0 Å². The van der Waals surface area contributed by atoms with Crippen LogP contribution in [0.2, 0.25) is 0 Å². The fraction of sp³-hybridized carbons (Fsp3) is 1.00. The molecule has 0 aromatic carbocycles. The van der Waals surface area contributed by atoms with Crippen LogP contribution in [0.25, 0.3) is 0 Å². The van der Waals surface area contributed by atoms with Crippen LogP contribution < -0.4 is 5.32 Å². The molecule has 124 valence electrons. The summed E-state index contributed by atoms with van der Waals surface area (Å²) in [6.45, 7) is 18.1. The number of hydrogen-bond donors (Lipinski definition) is 1. The molecule has 2 fully saturated rings. The Labute approximate surface area is 132 Å². The summed E-state index contributed by atoms with van der Waals surface area (Å²) < 4.78 is 0. The molecule has 3 nitrogen and oxygen atoms in total. The van der Waals surface area contributed by atoms with Crippen molar-refractivity contribution in [1.29, 1.82) is 0 Å². The molecule has 0 saturated carbocycles. The molecule has 1 N–H and O–H groups in total. The molecular weight excluding hydrogens is 258 g/mol. The van der Waals surface area contributed by atoms with Gasteiger partial charge in [-0.15, -0.1) is 0 Å². The molecule has 2 atom stereocenters. The second-order valence-electron chi connectivity index (χ2n) is 7.60. The molecule has 0 aromatic rings. The minimum Gasteiger partial charge on any atom is -0.308 e. The van der Waals surface area contributed by atoms with Gasteiger partial charge in [-0.25, -0.2) is 0 Å². The SMILES string of the molecule is CCC1CNC(CC)(CC)CN1CC1CCN(C(C)C)C1. The fourth-order valence-corrected chi connectivity index (χ4v) is 4.19. The Kier molecular flexibility index (Phi) is 6.10. The zero-order chi connectivity index (χ0) is 15.5. The lowest BCUT2D eigenvalue weighted by atomic mass is 9.87. The van der Waals surface area contributed by atoms with E-state index >= 15 is 0 Å². The monoisotopic (exact) mass is 295 g/mol. The molecule has 2 saturated heterocycles. The standard InChI is InChI=1S/C18H37N3/c1-6-17-11-19-18(7-2,8-3)14-21(17)13-16-9-10-20(12-16)15(4)5/h15-17,19H,6-14H2,1-5H3. The van der Waals surface area contributed by atoms with E-state index in [0.29, 0.717) is 11.6 Å². The molecule has 2 rings (SSSR count). The maximum atomic E-state index is 3.86. The Hall–Kier alpha value is -0.120. The lowest BCUT2D eigenvalue weighted by Crippen LogP contribution is -2.64. The van der Waals surface area contributed by atoms with Crippen molar-refractivity contribution in [1.82, 2.24) is 15.1 Å². The topological polar surface area (TPSA) is 18.5 Å². The molecule has 0 aromatic heterocycles. The van der Waals surface area contributed by atoms with Crippen LogP contribution in [0, 0.1) is 5.92 Å². The summed E-state index contributed by atoms with van der Waals surface area (Å²) in [5, 5.41) is 3.86. The van der Waals surface area contributed by atoms with Crippen LogP contribution in [0.4, 0.5) is 0 Å². The number of likely N-dealkylation sites (tertiary alicyclic amines) is 1. The Balaban J connectivity index is 1.95. The van der Waals surface area contributed by atoms with Gasteiger partial charge in [0.05, 0.1) is 0 Å². The van der Waals surface area contributed by atoms with Crippen LogP contribution in [0.5, 0.6) is 0 Å². The van der Waals surface area contributed by atoms with Gasteiger partial charge in [0.1, 0.15) is 0 Å². The van der Waals surface area contributed by atoms with Gasteiger partial charge in [-0.2, -0.15) is 0 Å². The van der Waals surface area contributed by atoms with E-state index in [9.17, 15) is 0 Å². The van der Waals surface area contributed by atoms with E-state index in [0.717, 1.165) is 12.0 Å². The van der Waals surface area contributed by atoms with Crippen LogP contribution in [-0.4, -0.2) is 60.1 Å². The van der Waals surface area contributed by atoms with E-state index in [1.165, 1.54) is 58.4 Å². The van der Waals surface area contributed by atoms with Crippen molar-refractivity contribution in [2.75, 3.05) is 32.7 Å². The average molecular weight is 296 g/mol. The molecule has 0 radical (unpaired) electrons. The number of nitrogens with one attached hydrogen (secondary N) is 1. The molecule has 3 heteroatoms. The quantitative estimate of drug-likeness (QED) is 0.813. The Morgan fingerprint density at radius 3 is 2.43 bits per heavy atom. The molecule has 0 spiro atoms. The molecule has 2 unspecified atom stereocenters. The van der Waals surface area contributed by atoms with Crippen LogP contribution in [0.3, 0.4) is 0 Å². The maximum absolute atomic E-state index is 3.86. The minimum absolute atomic E-state index is 0.363. The summed E-state index contributed by atoms with van der Waals surface area (Å²) in [7, 11) is 0. The summed E-state index contributed by atoms with van der Waals surface area (Å²) in [5.74, 6) is 0.881. The van der Waals surface area contributed by atoms with Crippen molar-refractivity contribution in [3.8, 4) is 0 Å². The first-order valence-electron chi connectivity index (χ1n) is 9.26. The van der Waals surface area contributed by atoms with Gasteiger partial charge in [-0.3, -0.25) is 4.90 Å². The summed E-state index contributed by atoms with van der Waals surface area (Å²) >= 11 is 0. The van der Waals surface area contributed by atoms with E-state index < -0.39 is 0 Å². The highest BCUT2D eigenvalue weighted by Crippen LogP contribution is 2.27. The molecule has 0 amide bonds. The first-order valence-corrected chi connectivity index (χ1v) is 9.26. The number of nitrogens with zero attached hydrogens (tertiary/aromatic N) is 2. The highest BCUT2D eigenvalue weighted by atomic mass is 15.3. The molecular formula is C18H37N3. The number of piperazine rings is 1. The number of hydrogen-bond acceptors (Lipinski definition) is 3. The molecule has 21 heavy (non-hydrogen) atoms. The maximum Gasteiger partial charge on any atom is 0.0304 e. The fourth-order valence-electron chi connectivity index (χ4n) is 4.19. The zero-order valence-electron chi connectivity index (χ0n) is 15.0. The minimum atomic E-state index is 0.363. The van der Waals surface area contributed by atoms with Crippen molar-refractivity contribution in [2.45, 2.75) is 77.9 Å². The van der Waals surface area contributed by atoms with Crippen LogP contribution in [0.15, 0.2) is 0 Å². The first-order chi connectivity index (χ1) is 10.0. The summed E-state index contributed by atoms with van der Waals surface area (Å²) in [5.41, 5.74) is 0.363. The second kappa shape index (κ2) is 7.43. The van der Waals surface area contributed by atoms with E-state index in [1.807, 2.05) is 0 Å². The van der Waals surface area contributed by atoms with Crippen LogP contribution in [-0.2, 0) is 0 Å². The molecule has 2 aliphatic rings. The first kappa shape index (κ1) is 17.2. The largest absolute Gasteiger partial charge is 0.308 e. The summed E-state index contributed by atoms with van der Waals surface area (Å²) in [6, 6.07) is 1.45. The van der Waals surface area contributed by atoms with Crippen molar-refractivity contribution < 1.29 is 0 Å². The van der Waals surface area contributed by atoms with Gasteiger partial charge in [-0.1, -0.05) is 20.8 Å². The number of rotatable bonds is 6. The van der Waals surface area contributed by atoms with Gasteiger partial charge in [0, 0.05) is 43.8 Å². The molecule has 2 heterocycles. The summed E-state index contributed by atoms with van der Waals surface area (Å²) in [4.78, 5) is 5.47. The van der Waals surface area contributed by atoms with Gasteiger partial charge < -0.3 is 10.2 Å².